The van der Waals surface area contributed by atoms with Gasteiger partial charge in [0, 0.05) is 53.9 Å². The summed E-state index contributed by atoms with van der Waals surface area (Å²) in [5.41, 5.74) is 0. The first-order valence-electron chi connectivity index (χ1n) is 12.2. The van der Waals surface area contributed by atoms with Crippen LogP contribution in [0.15, 0.2) is 4.99 Å². The number of likely N-dealkylation sites (tertiary alicyclic amines) is 2. The molecule has 31 heavy (non-hydrogen) atoms. The topological polar surface area (TPSA) is 69.6 Å². The third kappa shape index (κ3) is 7.32. The molecule has 1 N–H and O–H groups in total. The van der Waals surface area contributed by atoms with E-state index in [0.29, 0.717) is 12.2 Å². The van der Waals surface area contributed by atoms with E-state index in [1.807, 2.05) is 21.1 Å². The van der Waals surface area contributed by atoms with Crippen molar-refractivity contribution in [3.05, 3.63) is 0 Å². The molecule has 8 nitrogen and oxygen atoms in total. The minimum absolute atomic E-state index is 0.0624. The van der Waals surface area contributed by atoms with E-state index in [0.717, 1.165) is 90.4 Å². The molecule has 3 fully saturated rings. The molecule has 3 aliphatic rings. The number of likely N-dealkylation sites (N-methyl/N-ethyl adjacent to an activating group) is 1. The van der Waals surface area contributed by atoms with Gasteiger partial charge < -0.3 is 24.6 Å². The number of nitrogens with zero attached hydrogens (tertiary/aromatic N) is 4. The van der Waals surface area contributed by atoms with Gasteiger partial charge in [0.25, 0.3) is 0 Å². The highest BCUT2D eigenvalue weighted by atomic mass is 16.5. The van der Waals surface area contributed by atoms with Crippen LogP contribution in [-0.4, -0.2) is 112 Å². The lowest BCUT2D eigenvalue weighted by Gasteiger charge is -2.35. The summed E-state index contributed by atoms with van der Waals surface area (Å²) < 4.78 is 11.9. The minimum Gasteiger partial charge on any atom is -0.376 e. The quantitative estimate of drug-likeness (QED) is 0.353. The maximum absolute atomic E-state index is 12.3. The van der Waals surface area contributed by atoms with Gasteiger partial charge in [-0.15, -0.1) is 0 Å². The molecule has 3 aliphatic heterocycles. The Bertz CT molecular complexity index is 572. The molecule has 2 unspecified atom stereocenters. The molecule has 3 heterocycles. The van der Waals surface area contributed by atoms with Gasteiger partial charge in [-0.3, -0.25) is 14.7 Å². The van der Waals surface area contributed by atoms with Crippen molar-refractivity contribution in [3.63, 3.8) is 0 Å². The molecule has 0 aliphatic carbocycles. The number of hydrogen-bond donors (Lipinski definition) is 1. The van der Waals surface area contributed by atoms with Gasteiger partial charge in [-0.2, -0.15) is 0 Å². The lowest BCUT2D eigenvalue weighted by atomic mass is 10.1. The molecule has 0 aromatic heterocycles. The van der Waals surface area contributed by atoms with E-state index in [1.165, 1.54) is 12.8 Å². The van der Waals surface area contributed by atoms with Crippen LogP contribution in [0.5, 0.6) is 0 Å². The second-order valence-electron chi connectivity index (χ2n) is 9.26. The van der Waals surface area contributed by atoms with E-state index in [2.05, 4.69) is 20.1 Å². The summed E-state index contributed by atoms with van der Waals surface area (Å²) in [4.78, 5) is 23.2. The smallest absolute Gasteiger partial charge is 0.239 e. The van der Waals surface area contributed by atoms with Crippen LogP contribution >= 0.6 is 0 Å². The van der Waals surface area contributed by atoms with Crippen LogP contribution in [0, 0.1) is 0 Å². The fraction of sp³-hybridized carbons (Fsp3) is 0.913. The van der Waals surface area contributed by atoms with Crippen molar-refractivity contribution in [2.45, 2.75) is 69.6 Å². The zero-order chi connectivity index (χ0) is 22.1. The van der Waals surface area contributed by atoms with Crippen LogP contribution in [-0.2, 0) is 14.3 Å². The number of aliphatic imine (C=N–C) groups is 1. The van der Waals surface area contributed by atoms with E-state index in [1.54, 1.807) is 4.90 Å². The highest BCUT2D eigenvalue weighted by Crippen LogP contribution is 2.19. The number of carbonyl (C=O) groups is 1. The van der Waals surface area contributed by atoms with Crippen LogP contribution in [0.3, 0.4) is 0 Å². The number of carbonyl (C=O) groups excluding carboxylic acids is 1. The molecule has 0 aromatic carbocycles. The Morgan fingerprint density at radius 1 is 1.13 bits per heavy atom. The van der Waals surface area contributed by atoms with E-state index in [9.17, 15) is 4.79 Å². The van der Waals surface area contributed by atoms with Crippen LogP contribution in [0.2, 0.25) is 0 Å². The van der Waals surface area contributed by atoms with Gasteiger partial charge in [0.2, 0.25) is 5.91 Å². The van der Waals surface area contributed by atoms with Crippen molar-refractivity contribution in [2.24, 2.45) is 4.99 Å². The van der Waals surface area contributed by atoms with E-state index >= 15 is 0 Å². The van der Waals surface area contributed by atoms with Crippen LogP contribution < -0.4 is 5.32 Å². The monoisotopic (exact) mass is 437 g/mol. The third-order valence-corrected chi connectivity index (χ3v) is 6.74. The summed E-state index contributed by atoms with van der Waals surface area (Å²) >= 11 is 0. The highest BCUT2D eigenvalue weighted by Gasteiger charge is 2.31. The minimum atomic E-state index is 0.0624. The first-order valence-corrected chi connectivity index (χ1v) is 12.2. The molecule has 0 radical (unpaired) electrons. The zero-order valence-corrected chi connectivity index (χ0v) is 19.9. The number of ether oxygens (including phenoxy) is 2. The van der Waals surface area contributed by atoms with E-state index < -0.39 is 0 Å². The normalized spacial score (nSPS) is 26.3. The molecule has 2 atom stereocenters. The summed E-state index contributed by atoms with van der Waals surface area (Å²) in [6.07, 6.45) is 9.40. The van der Waals surface area contributed by atoms with Gasteiger partial charge in [0.15, 0.2) is 5.96 Å². The second kappa shape index (κ2) is 12.6. The van der Waals surface area contributed by atoms with Crippen molar-refractivity contribution >= 4 is 11.9 Å². The summed E-state index contributed by atoms with van der Waals surface area (Å²) in [6.45, 7) is 6.43. The molecule has 0 aromatic rings. The number of nitrogens with one attached hydrogen (secondary N) is 1. The van der Waals surface area contributed by atoms with Crippen LogP contribution in [0.1, 0.15) is 51.4 Å². The maximum Gasteiger partial charge on any atom is 0.239 e. The zero-order valence-electron chi connectivity index (χ0n) is 19.9. The van der Waals surface area contributed by atoms with Crippen molar-refractivity contribution in [3.8, 4) is 0 Å². The Morgan fingerprint density at radius 2 is 1.94 bits per heavy atom. The van der Waals surface area contributed by atoms with Gasteiger partial charge >= 0.3 is 0 Å². The molecule has 3 saturated heterocycles. The molecular formula is C23H43N5O3. The molecule has 0 spiro atoms. The lowest BCUT2D eigenvalue weighted by molar-refractivity contribution is -0.133. The van der Waals surface area contributed by atoms with Crippen molar-refractivity contribution < 1.29 is 14.3 Å². The second-order valence-corrected chi connectivity index (χ2v) is 9.26. The first kappa shape index (κ1) is 24.3. The molecule has 3 rings (SSSR count). The summed E-state index contributed by atoms with van der Waals surface area (Å²) in [7, 11) is 5.56. The molecule has 0 bridgehead atoms. The predicted octanol–water partition coefficient (Wildman–Crippen LogP) is 1.55. The molecule has 1 amide bonds. The Hall–Kier alpha value is -1.38. The largest absolute Gasteiger partial charge is 0.376 e. The van der Waals surface area contributed by atoms with E-state index in [-0.39, 0.29) is 11.9 Å². The number of hydrogen-bond acceptors (Lipinski definition) is 5. The Labute approximate surface area is 188 Å². The fourth-order valence-electron chi connectivity index (χ4n) is 4.90. The van der Waals surface area contributed by atoms with Gasteiger partial charge in [-0.25, -0.2) is 0 Å². The van der Waals surface area contributed by atoms with Crippen LogP contribution in [0.25, 0.3) is 0 Å². The average Bonchev–Trinajstić information content (AvgIpc) is 3.27. The average molecular weight is 438 g/mol. The van der Waals surface area contributed by atoms with E-state index in [4.69, 9.17) is 9.47 Å². The predicted molar refractivity (Wildman–Crippen MR) is 123 cm³/mol. The van der Waals surface area contributed by atoms with Crippen molar-refractivity contribution in [1.82, 2.24) is 20.0 Å². The lowest BCUT2D eigenvalue weighted by Crippen LogP contribution is -2.48. The Balaban J connectivity index is 1.31. The Kier molecular flexibility index (Phi) is 9.87. The number of piperidine rings is 1. The van der Waals surface area contributed by atoms with Crippen molar-refractivity contribution in [2.75, 3.05) is 67.1 Å². The SMILES string of the molecule is CN=C(NCCCN1CCCC1C(=O)N(C)C)N1CCC(OCC2CCCCO2)CC1. The summed E-state index contributed by atoms with van der Waals surface area (Å²) in [6, 6.07) is 0.0624. The Morgan fingerprint density at radius 3 is 2.61 bits per heavy atom. The first-order chi connectivity index (χ1) is 15.1. The van der Waals surface area contributed by atoms with Gasteiger partial charge in [-0.1, -0.05) is 0 Å². The highest BCUT2D eigenvalue weighted by molar-refractivity contribution is 5.81. The van der Waals surface area contributed by atoms with Gasteiger partial charge in [0.05, 0.1) is 24.9 Å². The summed E-state index contributed by atoms with van der Waals surface area (Å²) in [5, 5.41) is 3.52. The molecule has 8 heteroatoms. The molecule has 178 valence electrons. The van der Waals surface area contributed by atoms with Crippen LogP contribution in [0.4, 0.5) is 0 Å². The van der Waals surface area contributed by atoms with Crippen molar-refractivity contribution in [1.29, 1.82) is 0 Å². The number of guanidine groups is 1. The number of rotatable bonds is 8. The third-order valence-electron chi connectivity index (χ3n) is 6.74. The molecular weight excluding hydrogens is 394 g/mol. The van der Waals surface area contributed by atoms with Gasteiger partial charge in [-0.05, 0) is 57.9 Å². The standard InChI is InChI=1S/C23H43N5O3/c1-24-23(25-12-7-14-27-13-6-9-21(27)22(29)26(2)3)28-15-10-19(11-16-28)31-18-20-8-4-5-17-30-20/h19-21H,4-18H2,1-3H3,(H,24,25). The summed E-state index contributed by atoms with van der Waals surface area (Å²) in [5.74, 6) is 1.22. The fourth-order valence-corrected chi connectivity index (χ4v) is 4.90. The maximum atomic E-state index is 12.3. The molecule has 0 saturated carbocycles. The van der Waals surface area contributed by atoms with Gasteiger partial charge in [0.1, 0.15) is 0 Å². The number of amides is 1.